The van der Waals surface area contributed by atoms with E-state index in [1.54, 1.807) is 19.1 Å². The van der Waals surface area contributed by atoms with E-state index >= 15 is 0 Å². The third-order valence-corrected chi connectivity index (χ3v) is 4.84. The molecule has 0 heterocycles. The molecule has 0 aromatic heterocycles. The zero-order valence-corrected chi connectivity index (χ0v) is 15.6. The number of carbonyl (C=O) groups excluding carboxylic acids is 2. The monoisotopic (exact) mass is 360 g/mol. The first-order valence-corrected chi connectivity index (χ1v) is 9.24. The fourth-order valence-electron chi connectivity index (χ4n) is 3.30. The molecule has 0 spiro atoms. The second-order valence-electron chi connectivity index (χ2n) is 7.00. The number of hydrogen-bond donors (Lipinski definition) is 1. The average Bonchev–Trinajstić information content (AvgIpc) is 2.62. The second kappa shape index (κ2) is 8.88. The molecular formula is C21H28O5. The van der Waals surface area contributed by atoms with Gasteiger partial charge in [0.25, 0.3) is 0 Å². The van der Waals surface area contributed by atoms with Crippen LogP contribution in [-0.2, 0) is 24.7 Å². The summed E-state index contributed by atoms with van der Waals surface area (Å²) in [4.78, 5) is 24.3. The molecule has 0 saturated heterocycles. The van der Waals surface area contributed by atoms with Crippen LogP contribution in [0.3, 0.4) is 0 Å². The van der Waals surface area contributed by atoms with E-state index in [1.807, 2.05) is 19.1 Å². The Morgan fingerprint density at radius 3 is 2.35 bits per heavy atom. The van der Waals surface area contributed by atoms with Crippen molar-refractivity contribution in [3.63, 3.8) is 0 Å². The minimum atomic E-state index is -0.667. The summed E-state index contributed by atoms with van der Waals surface area (Å²) in [6.45, 7) is 7.00. The molecule has 0 aliphatic heterocycles. The molecule has 1 N–H and O–H groups in total. The Bertz CT molecular complexity index is 641. The van der Waals surface area contributed by atoms with Gasteiger partial charge in [-0.05, 0) is 56.7 Å². The van der Waals surface area contributed by atoms with E-state index in [2.05, 4.69) is 6.58 Å². The zero-order chi connectivity index (χ0) is 19.2. The highest BCUT2D eigenvalue weighted by Crippen LogP contribution is 2.41. The summed E-state index contributed by atoms with van der Waals surface area (Å²) in [5.74, 6) is -0.680. The molecule has 1 unspecified atom stereocenters. The van der Waals surface area contributed by atoms with Gasteiger partial charge in [-0.25, -0.2) is 4.79 Å². The van der Waals surface area contributed by atoms with Gasteiger partial charge in [-0.15, -0.1) is 0 Å². The lowest BCUT2D eigenvalue weighted by Gasteiger charge is -2.37. The van der Waals surface area contributed by atoms with Crippen LogP contribution in [0.15, 0.2) is 36.4 Å². The number of esters is 2. The van der Waals surface area contributed by atoms with Crippen molar-refractivity contribution in [2.24, 2.45) is 0 Å². The summed E-state index contributed by atoms with van der Waals surface area (Å²) in [5, 5.41) is 9.54. The number of hydrogen-bond acceptors (Lipinski definition) is 5. The highest BCUT2D eigenvalue weighted by molar-refractivity contribution is 5.87. The average molecular weight is 360 g/mol. The van der Waals surface area contributed by atoms with E-state index in [9.17, 15) is 14.7 Å². The Hall–Kier alpha value is -2.30. The lowest BCUT2D eigenvalue weighted by Crippen LogP contribution is -2.36. The number of phenolic OH excluding ortho intramolecular Hbond substituents is 1. The van der Waals surface area contributed by atoms with Gasteiger partial charge in [0.2, 0.25) is 0 Å². The maximum Gasteiger partial charge on any atom is 0.333 e. The van der Waals surface area contributed by atoms with Gasteiger partial charge in [0, 0.05) is 5.57 Å². The van der Waals surface area contributed by atoms with Crippen LogP contribution in [0.5, 0.6) is 5.75 Å². The largest absolute Gasteiger partial charge is 0.508 e. The van der Waals surface area contributed by atoms with E-state index in [-0.39, 0.29) is 18.1 Å². The summed E-state index contributed by atoms with van der Waals surface area (Å²) >= 11 is 0. The van der Waals surface area contributed by atoms with Crippen LogP contribution in [0.1, 0.15) is 64.4 Å². The SMILES string of the molecule is C=C(C)C(=O)OC(CC)CC(=O)OC1(c2ccc(O)cc2)CCCCC1. The molecule has 1 aromatic rings. The van der Waals surface area contributed by atoms with Crippen molar-refractivity contribution in [2.45, 2.75) is 70.5 Å². The molecule has 1 saturated carbocycles. The molecule has 1 aromatic carbocycles. The fraction of sp³-hybridized carbons (Fsp3) is 0.524. The first-order chi connectivity index (χ1) is 12.4. The maximum atomic E-state index is 12.6. The molecule has 1 aliphatic rings. The Kier molecular flexibility index (Phi) is 6.83. The quantitative estimate of drug-likeness (QED) is 0.577. The number of rotatable bonds is 7. The van der Waals surface area contributed by atoms with Crippen molar-refractivity contribution in [3.8, 4) is 5.75 Å². The summed E-state index contributed by atoms with van der Waals surface area (Å²) in [7, 11) is 0. The van der Waals surface area contributed by atoms with Crippen molar-refractivity contribution >= 4 is 11.9 Å². The van der Waals surface area contributed by atoms with Gasteiger partial charge < -0.3 is 14.6 Å². The second-order valence-corrected chi connectivity index (χ2v) is 7.00. The Morgan fingerprint density at radius 2 is 1.81 bits per heavy atom. The van der Waals surface area contributed by atoms with Crippen LogP contribution >= 0.6 is 0 Å². The van der Waals surface area contributed by atoms with Crippen molar-refractivity contribution in [1.29, 1.82) is 0 Å². The number of ether oxygens (including phenoxy) is 2. The third kappa shape index (κ3) is 5.10. The summed E-state index contributed by atoms with van der Waals surface area (Å²) < 4.78 is 11.2. The molecule has 142 valence electrons. The van der Waals surface area contributed by atoms with Gasteiger partial charge in [0.05, 0.1) is 6.42 Å². The van der Waals surface area contributed by atoms with Crippen LogP contribution in [0, 0.1) is 0 Å². The molecule has 26 heavy (non-hydrogen) atoms. The first kappa shape index (κ1) is 20.0. The minimum Gasteiger partial charge on any atom is -0.508 e. The summed E-state index contributed by atoms with van der Waals surface area (Å²) in [6, 6.07) is 6.85. The molecular weight excluding hydrogens is 332 g/mol. The van der Waals surface area contributed by atoms with Gasteiger partial charge in [-0.1, -0.05) is 32.1 Å². The topological polar surface area (TPSA) is 72.8 Å². The van der Waals surface area contributed by atoms with E-state index in [0.29, 0.717) is 12.0 Å². The summed E-state index contributed by atoms with van der Waals surface area (Å²) in [5.41, 5.74) is 0.541. The highest BCUT2D eigenvalue weighted by atomic mass is 16.6. The normalized spacial score (nSPS) is 17.2. The van der Waals surface area contributed by atoms with Gasteiger partial charge in [0.15, 0.2) is 0 Å². The third-order valence-electron chi connectivity index (χ3n) is 4.84. The smallest absolute Gasteiger partial charge is 0.333 e. The van der Waals surface area contributed by atoms with Gasteiger partial charge in [-0.3, -0.25) is 4.79 Å². The molecule has 5 nitrogen and oxygen atoms in total. The van der Waals surface area contributed by atoms with Gasteiger partial charge in [-0.2, -0.15) is 0 Å². The van der Waals surface area contributed by atoms with Crippen LogP contribution < -0.4 is 0 Å². The molecule has 5 heteroatoms. The lowest BCUT2D eigenvalue weighted by atomic mass is 9.79. The van der Waals surface area contributed by atoms with Crippen LogP contribution in [0.25, 0.3) is 0 Å². The Morgan fingerprint density at radius 1 is 1.19 bits per heavy atom. The number of carbonyl (C=O) groups is 2. The van der Waals surface area contributed by atoms with Crippen LogP contribution in [0.4, 0.5) is 0 Å². The van der Waals surface area contributed by atoms with Crippen LogP contribution in [-0.4, -0.2) is 23.1 Å². The molecule has 1 aliphatic carbocycles. The highest BCUT2D eigenvalue weighted by Gasteiger charge is 2.38. The molecule has 0 amide bonds. The number of phenols is 1. The van der Waals surface area contributed by atoms with Crippen molar-refractivity contribution in [1.82, 2.24) is 0 Å². The van der Waals surface area contributed by atoms with E-state index in [4.69, 9.17) is 9.47 Å². The lowest BCUT2D eigenvalue weighted by molar-refractivity contribution is -0.169. The Balaban J connectivity index is 2.10. The van der Waals surface area contributed by atoms with Crippen molar-refractivity contribution in [3.05, 3.63) is 42.0 Å². The van der Waals surface area contributed by atoms with Gasteiger partial charge >= 0.3 is 11.9 Å². The molecule has 1 fully saturated rings. The maximum absolute atomic E-state index is 12.6. The van der Waals surface area contributed by atoms with E-state index in [0.717, 1.165) is 37.7 Å². The number of aromatic hydroxyl groups is 1. The van der Waals surface area contributed by atoms with Crippen molar-refractivity contribution in [2.75, 3.05) is 0 Å². The predicted molar refractivity (Wildman–Crippen MR) is 98.6 cm³/mol. The fourth-order valence-corrected chi connectivity index (χ4v) is 3.30. The minimum absolute atomic E-state index is 0.0232. The standard InChI is InChI=1S/C21H28O5/c1-4-18(25-20(24)15(2)3)14-19(23)26-21(12-6-5-7-13-21)16-8-10-17(22)11-9-16/h8-11,18,22H,2,4-7,12-14H2,1,3H3. The van der Waals surface area contributed by atoms with Crippen molar-refractivity contribution < 1.29 is 24.2 Å². The van der Waals surface area contributed by atoms with Crippen LogP contribution in [0.2, 0.25) is 0 Å². The van der Waals surface area contributed by atoms with E-state index in [1.165, 1.54) is 0 Å². The first-order valence-electron chi connectivity index (χ1n) is 9.24. The molecule has 1 atom stereocenters. The zero-order valence-electron chi connectivity index (χ0n) is 15.6. The van der Waals surface area contributed by atoms with E-state index < -0.39 is 17.7 Å². The molecule has 0 radical (unpaired) electrons. The Labute approximate surface area is 155 Å². The van der Waals surface area contributed by atoms with Gasteiger partial charge in [0.1, 0.15) is 17.5 Å². The summed E-state index contributed by atoms with van der Waals surface area (Å²) in [6.07, 6.45) is 4.62. The number of benzene rings is 1. The predicted octanol–water partition coefficient (Wildman–Crippen LogP) is 4.38. The molecule has 0 bridgehead atoms. The molecule has 2 rings (SSSR count).